The zero-order valence-corrected chi connectivity index (χ0v) is 13.9. The Morgan fingerprint density at radius 2 is 2.04 bits per heavy atom. The van der Waals surface area contributed by atoms with Gasteiger partial charge in [-0.1, -0.05) is 12.1 Å². The number of benzene rings is 2. The molecular formula is C18H19FN2O2S. The molecule has 1 heterocycles. The molecule has 0 saturated carbocycles. The van der Waals surface area contributed by atoms with E-state index in [1.165, 1.54) is 18.0 Å². The first kappa shape index (κ1) is 16.8. The van der Waals surface area contributed by atoms with Crippen LogP contribution in [-0.2, 0) is 16.0 Å². The van der Waals surface area contributed by atoms with Crippen LogP contribution in [0.2, 0.25) is 0 Å². The van der Waals surface area contributed by atoms with Crippen LogP contribution in [0.1, 0.15) is 12.0 Å². The summed E-state index contributed by atoms with van der Waals surface area (Å²) in [5.41, 5.74) is 1.98. The van der Waals surface area contributed by atoms with Gasteiger partial charge in [0.05, 0.1) is 6.61 Å². The van der Waals surface area contributed by atoms with E-state index in [1.54, 1.807) is 12.1 Å². The van der Waals surface area contributed by atoms with E-state index in [0.717, 1.165) is 29.1 Å². The largest absolute Gasteiger partial charge is 0.464 e. The average Bonchev–Trinajstić information content (AvgIpc) is 2.99. The van der Waals surface area contributed by atoms with Gasteiger partial charge in [-0.2, -0.15) is 0 Å². The topological polar surface area (TPSA) is 50.4 Å². The second kappa shape index (κ2) is 8.17. The minimum Gasteiger partial charge on any atom is -0.464 e. The van der Waals surface area contributed by atoms with E-state index < -0.39 is 0 Å². The quantitative estimate of drug-likeness (QED) is 0.594. The molecule has 1 aliphatic rings. The lowest BCUT2D eigenvalue weighted by atomic mass is 10.1. The molecule has 2 aromatic rings. The maximum atomic E-state index is 13.1. The van der Waals surface area contributed by atoms with Gasteiger partial charge in [-0.25, -0.2) is 9.11 Å². The molecule has 1 atom stereocenters. The highest BCUT2D eigenvalue weighted by Crippen LogP contribution is 2.20. The zero-order chi connectivity index (χ0) is 16.8. The second-order valence-electron chi connectivity index (χ2n) is 5.56. The molecule has 0 spiro atoms. The number of rotatable bonds is 7. The summed E-state index contributed by atoms with van der Waals surface area (Å²) >= 11 is 1.43. The minimum atomic E-state index is -0.223. The van der Waals surface area contributed by atoms with Gasteiger partial charge in [-0.05, 0) is 60.3 Å². The molecule has 0 aromatic heterocycles. The fraction of sp³-hybridized carbons (Fsp3) is 0.278. The van der Waals surface area contributed by atoms with E-state index in [4.69, 9.17) is 4.74 Å². The molecule has 0 amide bonds. The Balaban J connectivity index is 1.43. The summed E-state index contributed by atoms with van der Waals surface area (Å²) in [4.78, 5) is 12.4. The number of halogens is 1. The number of ether oxygens (including phenoxy) is 1. The predicted octanol–water partition coefficient (Wildman–Crippen LogP) is 3.39. The molecule has 2 aromatic carbocycles. The van der Waals surface area contributed by atoms with Crippen molar-refractivity contribution in [3.8, 4) is 0 Å². The zero-order valence-electron chi connectivity index (χ0n) is 13.1. The molecule has 2 N–H and O–H groups in total. The predicted molar refractivity (Wildman–Crippen MR) is 93.4 cm³/mol. The monoisotopic (exact) mass is 346 g/mol. The lowest BCUT2D eigenvalue weighted by Gasteiger charge is -2.09. The van der Waals surface area contributed by atoms with Crippen LogP contribution in [-0.4, -0.2) is 25.2 Å². The summed E-state index contributed by atoms with van der Waals surface area (Å²) in [6.45, 7) is 1.23. The summed E-state index contributed by atoms with van der Waals surface area (Å²) < 4.78 is 21.1. The maximum absolute atomic E-state index is 13.1. The molecule has 1 saturated heterocycles. The molecule has 0 bridgehead atoms. The normalized spacial score (nSPS) is 16.9. The Morgan fingerprint density at radius 3 is 2.75 bits per heavy atom. The smallest absolute Gasteiger partial charge is 0.324 e. The highest BCUT2D eigenvalue weighted by molar-refractivity contribution is 7.97. The molecule has 1 fully saturated rings. The fourth-order valence-corrected chi connectivity index (χ4v) is 3.19. The fourth-order valence-electron chi connectivity index (χ4n) is 2.43. The molecule has 4 nitrogen and oxygen atoms in total. The van der Waals surface area contributed by atoms with Gasteiger partial charge in [0.1, 0.15) is 11.9 Å². The van der Waals surface area contributed by atoms with Crippen molar-refractivity contribution in [2.24, 2.45) is 0 Å². The van der Waals surface area contributed by atoms with E-state index >= 15 is 0 Å². The van der Waals surface area contributed by atoms with Crippen molar-refractivity contribution in [3.63, 3.8) is 0 Å². The van der Waals surface area contributed by atoms with Crippen LogP contribution in [0.15, 0.2) is 53.4 Å². The van der Waals surface area contributed by atoms with E-state index in [1.807, 2.05) is 30.3 Å². The van der Waals surface area contributed by atoms with Crippen molar-refractivity contribution in [2.75, 3.05) is 18.5 Å². The summed E-state index contributed by atoms with van der Waals surface area (Å²) in [5.74, 6) is -0.384. The van der Waals surface area contributed by atoms with Gasteiger partial charge in [-0.15, -0.1) is 0 Å². The first-order valence-electron chi connectivity index (χ1n) is 7.88. The van der Waals surface area contributed by atoms with Crippen LogP contribution in [0.4, 0.5) is 10.1 Å². The number of cyclic esters (lactones) is 1. The van der Waals surface area contributed by atoms with Crippen LogP contribution in [0.25, 0.3) is 0 Å². The number of nitrogens with one attached hydrogen (secondary N) is 2. The van der Waals surface area contributed by atoms with Crippen molar-refractivity contribution >= 4 is 23.6 Å². The lowest BCUT2D eigenvalue weighted by Crippen LogP contribution is -2.27. The van der Waals surface area contributed by atoms with Gasteiger partial charge in [0, 0.05) is 23.5 Å². The van der Waals surface area contributed by atoms with Crippen molar-refractivity contribution in [1.29, 1.82) is 0 Å². The minimum absolute atomic E-state index is 0.182. The molecule has 3 rings (SSSR count). The summed E-state index contributed by atoms with van der Waals surface area (Å²) in [6.07, 6.45) is 1.48. The number of carbonyl (C=O) groups is 1. The maximum Gasteiger partial charge on any atom is 0.324 e. The molecule has 0 aliphatic carbocycles. The third kappa shape index (κ3) is 4.72. The van der Waals surface area contributed by atoms with Crippen LogP contribution >= 0.6 is 11.9 Å². The van der Waals surface area contributed by atoms with Crippen molar-refractivity contribution in [1.82, 2.24) is 4.72 Å². The number of esters is 1. The van der Waals surface area contributed by atoms with Gasteiger partial charge in [0.15, 0.2) is 0 Å². The Bertz CT molecular complexity index is 694. The third-order valence-corrected chi connectivity index (χ3v) is 4.65. The third-order valence-electron chi connectivity index (χ3n) is 3.74. The molecule has 24 heavy (non-hydrogen) atoms. The molecular weight excluding hydrogens is 327 g/mol. The van der Waals surface area contributed by atoms with E-state index in [9.17, 15) is 9.18 Å². The summed E-state index contributed by atoms with van der Waals surface area (Å²) in [5, 5.41) is 3.32. The average molecular weight is 346 g/mol. The van der Waals surface area contributed by atoms with Gasteiger partial charge in [0.2, 0.25) is 0 Å². The van der Waals surface area contributed by atoms with E-state index in [-0.39, 0.29) is 17.8 Å². The SMILES string of the molecule is O=C1OCCC1NSc1ccc(NCCc2cccc(F)c2)cc1. The summed E-state index contributed by atoms with van der Waals surface area (Å²) in [6, 6.07) is 14.4. The van der Waals surface area contributed by atoms with Crippen molar-refractivity contribution < 1.29 is 13.9 Å². The highest BCUT2D eigenvalue weighted by atomic mass is 32.2. The van der Waals surface area contributed by atoms with E-state index in [2.05, 4.69) is 10.0 Å². The molecule has 1 aliphatic heterocycles. The number of anilines is 1. The second-order valence-corrected chi connectivity index (χ2v) is 6.47. The van der Waals surface area contributed by atoms with Gasteiger partial charge < -0.3 is 10.1 Å². The van der Waals surface area contributed by atoms with Crippen molar-refractivity contribution in [3.05, 3.63) is 59.9 Å². The highest BCUT2D eigenvalue weighted by Gasteiger charge is 2.25. The molecule has 0 radical (unpaired) electrons. The molecule has 1 unspecified atom stereocenters. The van der Waals surface area contributed by atoms with E-state index in [0.29, 0.717) is 13.0 Å². The van der Waals surface area contributed by atoms with Crippen LogP contribution in [0.5, 0.6) is 0 Å². The van der Waals surface area contributed by atoms with Gasteiger partial charge in [0.25, 0.3) is 0 Å². The first-order chi connectivity index (χ1) is 11.7. The Morgan fingerprint density at radius 1 is 1.21 bits per heavy atom. The van der Waals surface area contributed by atoms with Crippen LogP contribution < -0.4 is 10.0 Å². The Kier molecular flexibility index (Phi) is 5.72. The summed E-state index contributed by atoms with van der Waals surface area (Å²) in [7, 11) is 0. The number of hydrogen-bond donors (Lipinski definition) is 2. The standard InChI is InChI=1S/C18H19FN2O2S/c19-14-3-1-2-13(12-14)8-10-20-15-4-6-16(7-5-15)24-21-17-9-11-23-18(17)22/h1-7,12,17,20-21H,8-11H2. The molecule has 126 valence electrons. The van der Waals surface area contributed by atoms with Crippen LogP contribution in [0.3, 0.4) is 0 Å². The van der Waals surface area contributed by atoms with Crippen LogP contribution in [0, 0.1) is 5.82 Å². The first-order valence-corrected chi connectivity index (χ1v) is 8.70. The molecule has 6 heteroatoms. The Hall–Kier alpha value is -2.05. The number of carbonyl (C=O) groups excluding carboxylic acids is 1. The van der Waals surface area contributed by atoms with Gasteiger partial charge in [-0.3, -0.25) is 4.79 Å². The van der Waals surface area contributed by atoms with Crippen molar-refractivity contribution in [2.45, 2.75) is 23.8 Å². The lowest BCUT2D eigenvalue weighted by molar-refractivity contribution is -0.139. The Labute approximate surface area is 144 Å². The number of hydrogen-bond acceptors (Lipinski definition) is 5. The van der Waals surface area contributed by atoms with Gasteiger partial charge >= 0.3 is 5.97 Å².